The third-order valence-corrected chi connectivity index (χ3v) is 2.37. The SMILES string of the molecule is COC(=O)[C@@H]1C[C@H](C)C[C@H](C)N1. The molecule has 0 aromatic carbocycles. The van der Waals surface area contributed by atoms with Crippen molar-refractivity contribution in [3.63, 3.8) is 0 Å². The van der Waals surface area contributed by atoms with Crippen molar-refractivity contribution in [1.82, 2.24) is 5.32 Å². The van der Waals surface area contributed by atoms with E-state index < -0.39 is 0 Å². The smallest absolute Gasteiger partial charge is 0.322 e. The summed E-state index contributed by atoms with van der Waals surface area (Å²) < 4.78 is 4.68. The molecule has 1 N–H and O–H groups in total. The fourth-order valence-electron chi connectivity index (χ4n) is 1.89. The lowest BCUT2D eigenvalue weighted by molar-refractivity contribution is -0.144. The number of ether oxygens (including phenoxy) is 1. The Hall–Kier alpha value is -0.570. The molecule has 1 saturated heterocycles. The third-order valence-electron chi connectivity index (χ3n) is 2.37. The van der Waals surface area contributed by atoms with E-state index in [4.69, 9.17) is 0 Å². The van der Waals surface area contributed by atoms with E-state index in [2.05, 4.69) is 23.9 Å². The number of hydrogen-bond acceptors (Lipinski definition) is 3. The van der Waals surface area contributed by atoms with E-state index in [1.54, 1.807) is 0 Å². The van der Waals surface area contributed by atoms with Crippen molar-refractivity contribution >= 4 is 5.97 Å². The van der Waals surface area contributed by atoms with E-state index in [0.29, 0.717) is 12.0 Å². The van der Waals surface area contributed by atoms with Gasteiger partial charge in [-0.05, 0) is 25.7 Å². The van der Waals surface area contributed by atoms with Crippen LogP contribution < -0.4 is 5.32 Å². The van der Waals surface area contributed by atoms with Crippen molar-refractivity contribution in [3.8, 4) is 0 Å². The van der Waals surface area contributed by atoms with Crippen LogP contribution in [0.2, 0.25) is 0 Å². The Morgan fingerprint density at radius 2 is 2.08 bits per heavy atom. The van der Waals surface area contributed by atoms with Gasteiger partial charge < -0.3 is 10.1 Å². The highest BCUT2D eigenvalue weighted by Gasteiger charge is 2.28. The van der Waals surface area contributed by atoms with Gasteiger partial charge in [-0.15, -0.1) is 0 Å². The summed E-state index contributed by atoms with van der Waals surface area (Å²) in [5.74, 6) is 0.485. The first-order valence-electron chi connectivity index (χ1n) is 4.47. The zero-order chi connectivity index (χ0) is 9.14. The summed E-state index contributed by atoms with van der Waals surface area (Å²) >= 11 is 0. The number of hydrogen-bond donors (Lipinski definition) is 1. The van der Waals surface area contributed by atoms with Gasteiger partial charge in [-0.3, -0.25) is 4.79 Å². The molecule has 0 aromatic heterocycles. The molecule has 3 heteroatoms. The average Bonchev–Trinajstić information content (AvgIpc) is 2.01. The maximum atomic E-state index is 11.2. The first-order valence-corrected chi connectivity index (χ1v) is 4.47. The van der Waals surface area contributed by atoms with Crippen molar-refractivity contribution in [2.75, 3.05) is 7.11 Å². The molecular formula is C9H17NO2. The standard InChI is InChI=1S/C9H17NO2/c1-6-4-7(2)10-8(5-6)9(11)12-3/h6-8,10H,4-5H2,1-3H3/t6-,7+,8+/m1/s1. The Kier molecular flexibility index (Phi) is 3.09. The molecule has 70 valence electrons. The second kappa shape index (κ2) is 3.90. The van der Waals surface area contributed by atoms with Gasteiger partial charge in [0.25, 0.3) is 0 Å². The summed E-state index contributed by atoms with van der Waals surface area (Å²) in [6.07, 6.45) is 2.05. The van der Waals surface area contributed by atoms with Gasteiger partial charge in [0.1, 0.15) is 6.04 Å². The van der Waals surface area contributed by atoms with Crippen LogP contribution in [0.1, 0.15) is 26.7 Å². The fourth-order valence-corrected chi connectivity index (χ4v) is 1.89. The molecule has 0 bridgehead atoms. The van der Waals surface area contributed by atoms with Gasteiger partial charge in [0.2, 0.25) is 0 Å². The van der Waals surface area contributed by atoms with Crippen LogP contribution in [0.25, 0.3) is 0 Å². The number of carbonyl (C=O) groups excluding carboxylic acids is 1. The fraction of sp³-hybridized carbons (Fsp3) is 0.889. The summed E-state index contributed by atoms with van der Waals surface area (Å²) in [7, 11) is 1.44. The number of nitrogens with one attached hydrogen (secondary N) is 1. The van der Waals surface area contributed by atoms with Crippen LogP contribution in [0, 0.1) is 5.92 Å². The molecule has 0 aromatic rings. The van der Waals surface area contributed by atoms with Gasteiger partial charge in [-0.2, -0.15) is 0 Å². The minimum absolute atomic E-state index is 0.0891. The lowest BCUT2D eigenvalue weighted by atomic mass is 9.90. The summed E-state index contributed by atoms with van der Waals surface area (Å²) in [5.41, 5.74) is 0. The lowest BCUT2D eigenvalue weighted by Crippen LogP contribution is -2.48. The predicted molar refractivity (Wildman–Crippen MR) is 46.8 cm³/mol. The van der Waals surface area contributed by atoms with E-state index in [1.807, 2.05) is 0 Å². The first kappa shape index (κ1) is 9.52. The highest BCUT2D eigenvalue weighted by Crippen LogP contribution is 2.19. The molecule has 12 heavy (non-hydrogen) atoms. The maximum Gasteiger partial charge on any atom is 0.322 e. The van der Waals surface area contributed by atoms with Gasteiger partial charge in [-0.25, -0.2) is 0 Å². The molecule has 3 nitrogen and oxygen atoms in total. The zero-order valence-electron chi connectivity index (χ0n) is 7.96. The van der Waals surface area contributed by atoms with E-state index in [0.717, 1.165) is 12.8 Å². The normalized spacial score (nSPS) is 36.1. The Morgan fingerprint density at radius 1 is 1.42 bits per heavy atom. The largest absolute Gasteiger partial charge is 0.468 e. The number of carbonyl (C=O) groups is 1. The van der Waals surface area contributed by atoms with Crippen LogP contribution in [0.15, 0.2) is 0 Å². The minimum Gasteiger partial charge on any atom is -0.468 e. The van der Waals surface area contributed by atoms with Gasteiger partial charge in [0.15, 0.2) is 0 Å². The van der Waals surface area contributed by atoms with Crippen LogP contribution >= 0.6 is 0 Å². The third kappa shape index (κ3) is 2.21. The molecule has 0 saturated carbocycles. The minimum atomic E-state index is -0.131. The molecule has 1 fully saturated rings. The summed E-state index contributed by atoms with van der Waals surface area (Å²) in [6.45, 7) is 4.28. The monoisotopic (exact) mass is 171 g/mol. The number of esters is 1. The molecule has 1 aliphatic heterocycles. The average molecular weight is 171 g/mol. The lowest BCUT2D eigenvalue weighted by Gasteiger charge is -2.31. The molecule has 0 unspecified atom stereocenters. The maximum absolute atomic E-state index is 11.2. The van der Waals surface area contributed by atoms with Crippen molar-refractivity contribution in [3.05, 3.63) is 0 Å². The van der Waals surface area contributed by atoms with Crippen LogP contribution in [0.5, 0.6) is 0 Å². The van der Waals surface area contributed by atoms with Crippen molar-refractivity contribution in [2.45, 2.75) is 38.8 Å². The van der Waals surface area contributed by atoms with E-state index >= 15 is 0 Å². The van der Waals surface area contributed by atoms with E-state index in [-0.39, 0.29) is 12.0 Å². The highest BCUT2D eigenvalue weighted by atomic mass is 16.5. The van der Waals surface area contributed by atoms with E-state index in [1.165, 1.54) is 7.11 Å². The number of methoxy groups -OCH3 is 1. The molecular weight excluding hydrogens is 154 g/mol. The van der Waals surface area contributed by atoms with Gasteiger partial charge in [0.05, 0.1) is 7.11 Å². The topological polar surface area (TPSA) is 38.3 Å². The second-order valence-corrected chi connectivity index (χ2v) is 3.72. The molecule has 0 radical (unpaired) electrons. The predicted octanol–water partition coefficient (Wildman–Crippen LogP) is 0.936. The molecule has 0 spiro atoms. The first-order chi connectivity index (χ1) is 5.63. The quantitative estimate of drug-likeness (QED) is 0.597. The molecule has 1 heterocycles. The zero-order valence-corrected chi connectivity index (χ0v) is 7.96. The van der Waals surface area contributed by atoms with Crippen molar-refractivity contribution in [2.24, 2.45) is 5.92 Å². The molecule has 3 atom stereocenters. The Labute approximate surface area is 73.5 Å². The van der Waals surface area contributed by atoms with Crippen molar-refractivity contribution < 1.29 is 9.53 Å². The molecule has 1 aliphatic rings. The second-order valence-electron chi connectivity index (χ2n) is 3.72. The summed E-state index contributed by atoms with van der Waals surface area (Å²) in [6, 6.07) is 0.339. The van der Waals surface area contributed by atoms with Gasteiger partial charge in [-0.1, -0.05) is 6.92 Å². The molecule has 0 aliphatic carbocycles. The summed E-state index contributed by atoms with van der Waals surface area (Å²) in [4.78, 5) is 11.2. The number of piperidine rings is 1. The van der Waals surface area contributed by atoms with Gasteiger partial charge >= 0.3 is 5.97 Å². The molecule has 1 rings (SSSR count). The Morgan fingerprint density at radius 3 is 2.58 bits per heavy atom. The highest BCUT2D eigenvalue weighted by molar-refractivity contribution is 5.75. The molecule has 0 amide bonds. The van der Waals surface area contributed by atoms with Crippen LogP contribution in [-0.4, -0.2) is 25.2 Å². The van der Waals surface area contributed by atoms with Crippen LogP contribution in [0.3, 0.4) is 0 Å². The van der Waals surface area contributed by atoms with E-state index in [9.17, 15) is 4.79 Å². The summed E-state index contributed by atoms with van der Waals surface area (Å²) in [5, 5.41) is 3.22. The van der Waals surface area contributed by atoms with Crippen LogP contribution in [-0.2, 0) is 9.53 Å². The van der Waals surface area contributed by atoms with Crippen molar-refractivity contribution in [1.29, 1.82) is 0 Å². The Bertz CT molecular complexity index is 160. The number of rotatable bonds is 1. The Balaban J connectivity index is 2.49. The van der Waals surface area contributed by atoms with Gasteiger partial charge in [0, 0.05) is 6.04 Å². The van der Waals surface area contributed by atoms with Crippen LogP contribution in [0.4, 0.5) is 0 Å².